The minimum atomic E-state index is -0.512. The molecule has 5 heterocycles. The molecule has 0 saturated carbocycles. The van der Waals surface area contributed by atoms with E-state index in [4.69, 9.17) is 4.98 Å². The van der Waals surface area contributed by atoms with Gasteiger partial charge in [-0.3, -0.25) is 14.8 Å². The van der Waals surface area contributed by atoms with Gasteiger partial charge >= 0.3 is 0 Å². The Balaban J connectivity index is 1.25. The van der Waals surface area contributed by atoms with Crippen molar-refractivity contribution in [3.8, 4) is 11.1 Å². The average molecular weight is 578 g/mol. The molecule has 0 unspecified atom stereocenters. The molecular weight excluding hydrogens is 556 g/mol. The number of nitrogens with one attached hydrogen (secondary N) is 4. The monoisotopic (exact) mass is 577 g/mol. The van der Waals surface area contributed by atoms with Crippen LogP contribution in [0.2, 0.25) is 0 Å². The van der Waals surface area contributed by atoms with Gasteiger partial charge in [0.15, 0.2) is 11.0 Å². The number of anilines is 3. The van der Waals surface area contributed by atoms with E-state index >= 15 is 4.39 Å². The Bertz CT molecular complexity index is 1940. The Hall–Kier alpha value is -5.42. The van der Waals surface area contributed by atoms with Crippen LogP contribution in [0.5, 0.6) is 0 Å². The van der Waals surface area contributed by atoms with Crippen LogP contribution in [0.4, 0.5) is 26.0 Å². The normalized spacial score (nSPS) is 13.6. The molecule has 4 N–H and O–H groups in total. The Kier molecular flexibility index (Phi) is 6.40. The van der Waals surface area contributed by atoms with Crippen molar-refractivity contribution in [2.45, 2.75) is 0 Å². The maximum Gasteiger partial charge on any atom is 0.255 e. The molecule has 7 rings (SSSR count). The fourth-order valence-electron chi connectivity index (χ4n) is 4.90. The lowest BCUT2D eigenvalue weighted by molar-refractivity contribution is 0.102. The quantitative estimate of drug-likeness (QED) is 0.187. The molecule has 0 bridgehead atoms. The Morgan fingerprint density at radius 2 is 1.90 bits per heavy atom. The van der Waals surface area contributed by atoms with Crippen molar-refractivity contribution in [3.05, 3.63) is 130 Å². The number of carbonyl (C=O) groups is 1. The molecular formula is C31H21F2N7OS. The molecule has 3 aromatic heterocycles. The third-order valence-electron chi connectivity index (χ3n) is 6.84. The number of hydrogen-bond donors (Lipinski definition) is 4. The van der Waals surface area contributed by atoms with Gasteiger partial charge in [-0.2, -0.15) is 4.39 Å². The zero-order valence-electron chi connectivity index (χ0n) is 21.8. The lowest BCUT2D eigenvalue weighted by Gasteiger charge is -2.20. The number of fused-ring (bicyclic) bond motifs is 2. The molecule has 2 aromatic carbocycles. The number of H-pyrrole nitrogens is 1. The second kappa shape index (κ2) is 10.5. The van der Waals surface area contributed by atoms with Crippen molar-refractivity contribution in [1.29, 1.82) is 0 Å². The minimum Gasteiger partial charge on any atom is -0.366 e. The summed E-state index contributed by atoms with van der Waals surface area (Å²) in [5, 5.41) is 8.80. The number of carbonyl (C=O) groups excluding carboxylic acids is 1. The van der Waals surface area contributed by atoms with Gasteiger partial charge in [0, 0.05) is 45.2 Å². The summed E-state index contributed by atoms with van der Waals surface area (Å²) in [6, 6.07) is 17.1. The summed E-state index contributed by atoms with van der Waals surface area (Å²) in [7, 11) is 0. The number of benzene rings is 2. The predicted molar refractivity (Wildman–Crippen MR) is 161 cm³/mol. The highest BCUT2D eigenvalue weighted by molar-refractivity contribution is 7.11. The number of aromatic nitrogens is 3. The molecule has 0 radical (unpaired) electrons. The van der Waals surface area contributed by atoms with Crippen molar-refractivity contribution < 1.29 is 13.6 Å². The third-order valence-corrected chi connectivity index (χ3v) is 7.74. The number of thiophene rings is 1. The maximum absolute atomic E-state index is 16.4. The molecule has 0 aliphatic carbocycles. The van der Waals surface area contributed by atoms with Crippen LogP contribution in [0.3, 0.4) is 0 Å². The molecule has 1 amide bonds. The van der Waals surface area contributed by atoms with Crippen LogP contribution in [-0.4, -0.2) is 33.2 Å². The number of allylic oxidation sites excluding steroid dienone is 2. The van der Waals surface area contributed by atoms with Gasteiger partial charge in [0.05, 0.1) is 17.4 Å². The van der Waals surface area contributed by atoms with E-state index in [9.17, 15) is 9.18 Å². The SMILES string of the molecule is O=C(Nc1cncc(-c2ccc3c(c2F)C(c2nc4c([nH]2)NC=CC=C4c2ccc(F)s2)=NCN3)c1)c1ccccc1. The van der Waals surface area contributed by atoms with Crippen LogP contribution in [0, 0.1) is 10.9 Å². The summed E-state index contributed by atoms with van der Waals surface area (Å²) in [5.41, 5.74) is 4.18. The second-order valence-electron chi connectivity index (χ2n) is 9.47. The van der Waals surface area contributed by atoms with Crippen LogP contribution >= 0.6 is 11.3 Å². The molecule has 2 aliphatic heterocycles. The summed E-state index contributed by atoms with van der Waals surface area (Å²) in [4.78, 5) is 30.2. The van der Waals surface area contributed by atoms with Crippen LogP contribution in [0.25, 0.3) is 16.7 Å². The highest BCUT2D eigenvalue weighted by atomic mass is 32.1. The van der Waals surface area contributed by atoms with Crippen molar-refractivity contribution in [1.82, 2.24) is 15.0 Å². The van der Waals surface area contributed by atoms with E-state index in [1.54, 1.807) is 60.9 Å². The van der Waals surface area contributed by atoms with Gasteiger partial charge < -0.3 is 20.9 Å². The summed E-state index contributed by atoms with van der Waals surface area (Å²) >= 11 is 1.02. The predicted octanol–water partition coefficient (Wildman–Crippen LogP) is 6.66. The van der Waals surface area contributed by atoms with Crippen LogP contribution < -0.4 is 16.0 Å². The van der Waals surface area contributed by atoms with Gasteiger partial charge in [0.2, 0.25) is 0 Å². The number of imidazole rings is 1. The van der Waals surface area contributed by atoms with Crippen molar-refractivity contribution >= 4 is 45.7 Å². The van der Waals surface area contributed by atoms with E-state index < -0.39 is 5.82 Å². The van der Waals surface area contributed by atoms with E-state index in [2.05, 4.69) is 30.9 Å². The third kappa shape index (κ3) is 4.65. The number of halogens is 2. The van der Waals surface area contributed by atoms with Crippen molar-refractivity contribution in [2.24, 2.45) is 4.99 Å². The zero-order chi connectivity index (χ0) is 28.6. The summed E-state index contributed by atoms with van der Waals surface area (Å²) in [5.74, 6) is 0.150. The summed E-state index contributed by atoms with van der Waals surface area (Å²) in [6.07, 6.45) is 8.46. The van der Waals surface area contributed by atoms with E-state index in [1.165, 1.54) is 12.3 Å². The highest BCUT2D eigenvalue weighted by Gasteiger charge is 2.27. The van der Waals surface area contributed by atoms with E-state index in [0.717, 1.165) is 16.9 Å². The smallest absolute Gasteiger partial charge is 0.255 e. The van der Waals surface area contributed by atoms with Gasteiger partial charge in [-0.25, -0.2) is 9.37 Å². The first-order chi connectivity index (χ1) is 20.5. The van der Waals surface area contributed by atoms with E-state index in [1.807, 2.05) is 18.2 Å². The van der Waals surface area contributed by atoms with Crippen LogP contribution in [0.15, 0.2) is 96.4 Å². The lowest BCUT2D eigenvalue weighted by atomic mass is 9.97. The van der Waals surface area contributed by atoms with Gasteiger partial charge in [0.25, 0.3) is 5.91 Å². The first-order valence-electron chi connectivity index (χ1n) is 13.0. The van der Waals surface area contributed by atoms with Crippen molar-refractivity contribution in [2.75, 3.05) is 22.6 Å². The lowest BCUT2D eigenvalue weighted by Crippen LogP contribution is -2.20. The number of aromatic amines is 1. The summed E-state index contributed by atoms with van der Waals surface area (Å²) in [6.45, 7) is 0.237. The molecule has 5 aromatic rings. The van der Waals surface area contributed by atoms with Gasteiger partial charge in [0.1, 0.15) is 29.7 Å². The number of rotatable bonds is 5. The Morgan fingerprint density at radius 1 is 1.02 bits per heavy atom. The number of aliphatic imine (C=N–C) groups is 1. The van der Waals surface area contributed by atoms with E-state index in [-0.39, 0.29) is 28.8 Å². The molecule has 11 heteroatoms. The molecule has 2 aliphatic rings. The molecule has 0 saturated heterocycles. The molecule has 42 heavy (non-hydrogen) atoms. The van der Waals surface area contributed by atoms with Crippen LogP contribution in [0.1, 0.15) is 32.3 Å². The Labute approximate surface area is 242 Å². The topological polar surface area (TPSA) is 107 Å². The number of nitrogens with zero attached hydrogens (tertiary/aromatic N) is 3. The van der Waals surface area contributed by atoms with E-state index in [0.29, 0.717) is 50.4 Å². The maximum atomic E-state index is 16.4. The molecule has 0 fully saturated rings. The second-order valence-corrected chi connectivity index (χ2v) is 10.5. The molecule has 206 valence electrons. The minimum absolute atomic E-state index is 0.237. The largest absolute Gasteiger partial charge is 0.366 e. The zero-order valence-corrected chi connectivity index (χ0v) is 22.6. The van der Waals surface area contributed by atoms with Gasteiger partial charge in [-0.05, 0) is 54.6 Å². The number of pyridine rings is 1. The molecule has 8 nitrogen and oxygen atoms in total. The highest BCUT2D eigenvalue weighted by Crippen LogP contribution is 2.37. The van der Waals surface area contributed by atoms with Gasteiger partial charge in [-0.15, -0.1) is 11.3 Å². The molecule has 0 atom stereocenters. The number of hydrogen-bond acceptors (Lipinski definition) is 7. The fourth-order valence-corrected chi connectivity index (χ4v) is 5.66. The first-order valence-corrected chi connectivity index (χ1v) is 13.8. The standard InChI is InChI=1S/C31H21F2N7OS/c32-24-11-10-23(42-24)21-7-4-12-35-29-27(21)39-30(40-29)28-25-22(36-16-37-28)9-8-20(26(25)33)18-13-19(15-34-14-18)38-31(41)17-5-2-1-3-6-17/h1-15,35-36H,16H2,(H,38,41)(H,39,40). The first kappa shape index (κ1) is 25.5. The number of amides is 1. The summed E-state index contributed by atoms with van der Waals surface area (Å²) < 4.78 is 30.2. The Morgan fingerprint density at radius 3 is 2.74 bits per heavy atom. The molecule has 0 spiro atoms. The average Bonchev–Trinajstić information content (AvgIpc) is 3.59. The fraction of sp³-hybridized carbons (Fsp3) is 0.0323. The van der Waals surface area contributed by atoms with Gasteiger partial charge in [-0.1, -0.05) is 18.2 Å². The van der Waals surface area contributed by atoms with Crippen molar-refractivity contribution in [3.63, 3.8) is 0 Å². The van der Waals surface area contributed by atoms with Crippen LogP contribution in [-0.2, 0) is 0 Å².